The van der Waals surface area contributed by atoms with Gasteiger partial charge in [-0.25, -0.2) is 0 Å². The molecule has 0 atom stereocenters. The standard InChI is InChI=1S/C20H23N3O3S/c1-3-4-12-18(24)21-14-8-7-9-15(13-14)22-20(27)23-19(25)16-10-5-6-11-17(16)26-2/h5-11,13H,3-4,12H2,1-2H3,(H,21,24)(H2,22,23,25,27). The molecule has 0 spiro atoms. The van der Waals surface area contributed by atoms with Crippen molar-refractivity contribution in [1.82, 2.24) is 5.32 Å². The number of thiocarbonyl (C=S) groups is 1. The summed E-state index contributed by atoms with van der Waals surface area (Å²) in [7, 11) is 1.50. The number of hydrogen-bond donors (Lipinski definition) is 3. The normalized spacial score (nSPS) is 10.0. The molecule has 2 aromatic rings. The molecule has 2 rings (SSSR count). The Kier molecular flexibility index (Phi) is 7.76. The van der Waals surface area contributed by atoms with Gasteiger partial charge in [0.15, 0.2) is 5.11 Å². The second kappa shape index (κ2) is 10.3. The van der Waals surface area contributed by atoms with Gasteiger partial charge in [-0.15, -0.1) is 0 Å². The van der Waals surface area contributed by atoms with Crippen LogP contribution in [0.15, 0.2) is 48.5 Å². The summed E-state index contributed by atoms with van der Waals surface area (Å²) in [4.78, 5) is 24.2. The summed E-state index contributed by atoms with van der Waals surface area (Å²) in [6.07, 6.45) is 2.31. The van der Waals surface area contributed by atoms with Gasteiger partial charge in [-0.2, -0.15) is 0 Å². The van der Waals surface area contributed by atoms with E-state index in [0.717, 1.165) is 12.8 Å². The highest BCUT2D eigenvalue weighted by atomic mass is 32.1. The van der Waals surface area contributed by atoms with Crippen LogP contribution < -0.4 is 20.7 Å². The second-order valence-electron chi connectivity index (χ2n) is 5.84. The lowest BCUT2D eigenvalue weighted by Gasteiger charge is -2.12. The number of carbonyl (C=O) groups excluding carboxylic acids is 2. The van der Waals surface area contributed by atoms with Crippen molar-refractivity contribution in [3.8, 4) is 5.75 Å². The van der Waals surface area contributed by atoms with Crippen molar-refractivity contribution in [3.05, 3.63) is 54.1 Å². The van der Waals surface area contributed by atoms with Gasteiger partial charge < -0.3 is 15.4 Å². The minimum atomic E-state index is -0.367. The van der Waals surface area contributed by atoms with Gasteiger partial charge in [0, 0.05) is 17.8 Å². The Hall–Kier alpha value is -2.93. The third kappa shape index (κ3) is 6.38. The molecule has 0 aliphatic rings. The van der Waals surface area contributed by atoms with Crippen LogP contribution in [0.2, 0.25) is 0 Å². The topological polar surface area (TPSA) is 79.5 Å². The van der Waals surface area contributed by atoms with Crippen LogP contribution in [0.5, 0.6) is 5.75 Å². The molecule has 7 heteroatoms. The molecule has 6 nitrogen and oxygen atoms in total. The average molecular weight is 385 g/mol. The summed E-state index contributed by atoms with van der Waals surface area (Å²) in [5, 5.41) is 8.56. The van der Waals surface area contributed by atoms with Crippen molar-refractivity contribution in [1.29, 1.82) is 0 Å². The molecule has 0 bridgehead atoms. The molecule has 0 heterocycles. The Labute approximate surface area is 164 Å². The highest BCUT2D eigenvalue weighted by molar-refractivity contribution is 7.80. The Morgan fingerprint density at radius 3 is 2.44 bits per heavy atom. The second-order valence-corrected chi connectivity index (χ2v) is 6.25. The quantitative estimate of drug-likeness (QED) is 0.629. The van der Waals surface area contributed by atoms with Gasteiger partial charge in [0.2, 0.25) is 5.91 Å². The van der Waals surface area contributed by atoms with E-state index in [2.05, 4.69) is 16.0 Å². The van der Waals surface area contributed by atoms with E-state index in [1.54, 1.807) is 48.5 Å². The Bertz CT molecular complexity index is 824. The molecule has 0 unspecified atom stereocenters. The number of benzene rings is 2. The van der Waals surface area contributed by atoms with Crippen molar-refractivity contribution in [2.75, 3.05) is 17.7 Å². The number of methoxy groups -OCH3 is 1. The molecule has 0 saturated carbocycles. The summed E-state index contributed by atoms with van der Waals surface area (Å²) in [6.45, 7) is 2.04. The summed E-state index contributed by atoms with van der Waals surface area (Å²) in [6, 6.07) is 14.0. The number of para-hydroxylation sites is 1. The van der Waals surface area contributed by atoms with Crippen molar-refractivity contribution < 1.29 is 14.3 Å². The number of nitrogens with one attached hydrogen (secondary N) is 3. The number of rotatable bonds is 7. The number of anilines is 2. The van der Waals surface area contributed by atoms with Gasteiger partial charge in [0.05, 0.1) is 12.7 Å². The monoisotopic (exact) mass is 385 g/mol. The van der Waals surface area contributed by atoms with E-state index in [4.69, 9.17) is 17.0 Å². The summed E-state index contributed by atoms with van der Waals surface area (Å²) in [5.74, 6) is 0.0737. The zero-order valence-corrected chi connectivity index (χ0v) is 16.2. The largest absolute Gasteiger partial charge is 0.496 e. The van der Waals surface area contributed by atoms with Crippen LogP contribution in [0.25, 0.3) is 0 Å². The van der Waals surface area contributed by atoms with E-state index in [1.807, 2.05) is 6.92 Å². The van der Waals surface area contributed by atoms with Crippen molar-refractivity contribution in [2.24, 2.45) is 0 Å². The predicted molar refractivity (Wildman–Crippen MR) is 111 cm³/mol. The number of unbranched alkanes of at least 4 members (excludes halogenated alkanes) is 1. The lowest BCUT2D eigenvalue weighted by molar-refractivity contribution is -0.116. The molecule has 0 aliphatic carbocycles. The Morgan fingerprint density at radius 2 is 1.74 bits per heavy atom. The predicted octanol–water partition coefficient (Wildman–Crippen LogP) is 3.95. The molecule has 27 heavy (non-hydrogen) atoms. The fourth-order valence-electron chi connectivity index (χ4n) is 2.40. The van der Waals surface area contributed by atoms with Gasteiger partial charge in [-0.05, 0) is 49.0 Å². The minimum Gasteiger partial charge on any atom is -0.496 e. The average Bonchev–Trinajstić information content (AvgIpc) is 2.66. The third-order valence-corrected chi connectivity index (χ3v) is 3.94. The Morgan fingerprint density at radius 1 is 1.04 bits per heavy atom. The van der Waals surface area contributed by atoms with Crippen LogP contribution in [0.4, 0.5) is 11.4 Å². The summed E-state index contributed by atoms with van der Waals surface area (Å²) < 4.78 is 5.18. The van der Waals surface area contributed by atoms with Gasteiger partial charge in [-0.1, -0.05) is 31.5 Å². The first kappa shape index (κ1) is 20.4. The number of amides is 2. The SMILES string of the molecule is CCCCC(=O)Nc1cccc(NC(=S)NC(=O)c2ccccc2OC)c1. The maximum atomic E-state index is 12.4. The van der Waals surface area contributed by atoms with E-state index in [1.165, 1.54) is 7.11 Å². The first-order valence-corrected chi connectivity index (χ1v) is 9.09. The molecule has 142 valence electrons. The minimum absolute atomic E-state index is 0.0268. The maximum absolute atomic E-state index is 12.4. The summed E-state index contributed by atoms with van der Waals surface area (Å²) >= 11 is 5.21. The lowest BCUT2D eigenvalue weighted by Crippen LogP contribution is -2.34. The van der Waals surface area contributed by atoms with Crippen molar-refractivity contribution in [3.63, 3.8) is 0 Å². The van der Waals surface area contributed by atoms with Gasteiger partial charge in [0.1, 0.15) is 5.75 Å². The molecule has 2 aromatic carbocycles. The number of hydrogen-bond acceptors (Lipinski definition) is 4. The van der Waals surface area contributed by atoms with Gasteiger partial charge >= 0.3 is 0 Å². The van der Waals surface area contributed by atoms with Crippen LogP contribution in [0, 0.1) is 0 Å². The van der Waals surface area contributed by atoms with Crippen LogP contribution in [-0.4, -0.2) is 24.0 Å². The molecule has 0 saturated heterocycles. The molecule has 0 aromatic heterocycles. The molecule has 2 amide bonds. The zero-order chi connectivity index (χ0) is 19.6. The highest BCUT2D eigenvalue weighted by Gasteiger charge is 2.13. The molecule has 0 fully saturated rings. The molecular weight excluding hydrogens is 362 g/mol. The van der Waals surface area contributed by atoms with Crippen LogP contribution in [-0.2, 0) is 4.79 Å². The third-order valence-electron chi connectivity index (χ3n) is 3.74. The van der Waals surface area contributed by atoms with E-state index in [-0.39, 0.29) is 16.9 Å². The summed E-state index contributed by atoms with van der Waals surface area (Å²) in [5.41, 5.74) is 1.72. The smallest absolute Gasteiger partial charge is 0.261 e. The lowest BCUT2D eigenvalue weighted by atomic mass is 10.2. The molecule has 0 aliphatic heterocycles. The van der Waals surface area contributed by atoms with E-state index >= 15 is 0 Å². The van der Waals surface area contributed by atoms with Gasteiger partial charge in [0.25, 0.3) is 5.91 Å². The molecule has 3 N–H and O–H groups in total. The fraction of sp³-hybridized carbons (Fsp3) is 0.250. The van der Waals surface area contributed by atoms with Gasteiger partial charge in [-0.3, -0.25) is 14.9 Å². The van der Waals surface area contributed by atoms with Crippen molar-refractivity contribution >= 4 is 40.5 Å². The highest BCUT2D eigenvalue weighted by Crippen LogP contribution is 2.18. The van der Waals surface area contributed by atoms with Crippen LogP contribution >= 0.6 is 12.2 Å². The van der Waals surface area contributed by atoms with Crippen molar-refractivity contribution in [2.45, 2.75) is 26.2 Å². The fourth-order valence-corrected chi connectivity index (χ4v) is 2.61. The zero-order valence-electron chi connectivity index (χ0n) is 15.4. The van der Waals surface area contributed by atoms with E-state index in [9.17, 15) is 9.59 Å². The van der Waals surface area contributed by atoms with Crippen LogP contribution in [0.1, 0.15) is 36.5 Å². The van der Waals surface area contributed by atoms with E-state index in [0.29, 0.717) is 29.1 Å². The molecule has 0 radical (unpaired) electrons. The number of carbonyl (C=O) groups is 2. The number of ether oxygens (including phenoxy) is 1. The van der Waals surface area contributed by atoms with Crippen LogP contribution in [0.3, 0.4) is 0 Å². The first-order valence-electron chi connectivity index (χ1n) is 8.68. The van der Waals surface area contributed by atoms with E-state index < -0.39 is 0 Å². The molecular formula is C20H23N3O3S. The Balaban J connectivity index is 1.96. The first-order chi connectivity index (χ1) is 13.0. The maximum Gasteiger partial charge on any atom is 0.261 e.